The van der Waals surface area contributed by atoms with E-state index in [4.69, 9.17) is 4.74 Å². The van der Waals surface area contributed by atoms with Crippen LogP contribution in [0.25, 0.3) is 0 Å². The van der Waals surface area contributed by atoms with E-state index in [9.17, 15) is 9.59 Å². The third-order valence-electron chi connectivity index (χ3n) is 4.75. The smallest absolute Gasteiger partial charge is 0.324 e. The van der Waals surface area contributed by atoms with Crippen molar-refractivity contribution < 1.29 is 14.3 Å². The Morgan fingerprint density at radius 2 is 2.00 bits per heavy atom. The van der Waals surface area contributed by atoms with Gasteiger partial charge in [0.1, 0.15) is 11.6 Å². The SMILES string of the molecule is C=CCC(=O)N1CCC(n2nccc2NC(=O)Nc2ccccc2OC)CC1. The highest BCUT2D eigenvalue weighted by Gasteiger charge is 2.25. The molecule has 3 rings (SSSR count). The van der Waals surface area contributed by atoms with Crippen LogP contribution in [0.2, 0.25) is 0 Å². The Labute approximate surface area is 164 Å². The van der Waals surface area contributed by atoms with E-state index in [1.807, 2.05) is 21.7 Å². The molecule has 0 aliphatic carbocycles. The number of carbonyl (C=O) groups excluding carboxylic acids is 2. The molecule has 8 nitrogen and oxygen atoms in total. The van der Waals surface area contributed by atoms with Crippen LogP contribution in [0, 0.1) is 0 Å². The first kappa shape index (κ1) is 19.5. The summed E-state index contributed by atoms with van der Waals surface area (Å²) < 4.78 is 7.07. The number of urea groups is 1. The number of ether oxygens (including phenoxy) is 1. The molecule has 3 amide bonds. The minimum Gasteiger partial charge on any atom is -0.495 e. The first-order valence-electron chi connectivity index (χ1n) is 9.25. The third kappa shape index (κ3) is 4.51. The van der Waals surface area contributed by atoms with Gasteiger partial charge in [-0.05, 0) is 25.0 Å². The quantitative estimate of drug-likeness (QED) is 0.750. The first-order valence-corrected chi connectivity index (χ1v) is 9.25. The maximum atomic E-state index is 12.4. The summed E-state index contributed by atoms with van der Waals surface area (Å²) in [6.07, 6.45) is 5.22. The molecule has 148 valence electrons. The topological polar surface area (TPSA) is 88.5 Å². The molecule has 0 spiro atoms. The normalized spacial score (nSPS) is 14.4. The highest BCUT2D eigenvalue weighted by atomic mass is 16.5. The molecular formula is C20H25N5O3. The number of para-hydroxylation sites is 2. The number of amides is 3. The number of piperidine rings is 1. The predicted molar refractivity (Wildman–Crippen MR) is 108 cm³/mol. The molecule has 1 aliphatic rings. The van der Waals surface area contributed by atoms with E-state index in [1.165, 1.54) is 0 Å². The number of nitrogens with one attached hydrogen (secondary N) is 2. The van der Waals surface area contributed by atoms with Gasteiger partial charge in [0.15, 0.2) is 0 Å². The van der Waals surface area contributed by atoms with E-state index >= 15 is 0 Å². The van der Waals surface area contributed by atoms with Gasteiger partial charge in [-0.3, -0.25) is 10.1 Å². The standard InChI is InChI=1S/C20H25N5O3/c1-3-6-19(26)24-13-10-15(11-14-24)25-18(9-12-21-25)23-20(27)22-16-7-4-5-8-17(16)28-2/h3-5,7-9,12,15H,1,6,10-11,13-14H2,2H3,(H2,22,23,27). The van der Waals surface area contributed by atoms with Crippen molar-refractivity contribution in [3.63, 3.8) is 0 Å². The van der Waals surface area contributed by atoms with Crippen molar-refractivity contribution in [2.45, 2.75) is 25.3 Å². The van der Waals surface area contributed by atoms with Gasteiger partial charge < -0.3 is 15.0 Å². The maximum Gasteiger partial charge on any atom is 0.324 e. The number of nitrogens with zero attached hydrogens (tertiary/aromatic N) is 3. The monoisotopic (exact) mass is 383 g/mol. The molecule has 0 bridgehead atoms. The summed E-state index contributed by atoms with van der Waals surface area (Å²) >= 11 is 0. The number of hydrogen-bond acceptors (Lipinski definition) is 4. The second-order valence-corrected chi connectivity index (χ2v) is 6.55. The zero-order chi connectivity index (χ0) is 19.9. The van der Waals surface area contributed by atoms with Crippen LogP contribution in [-0.2, 0) is 4.79 Å². The van der Waals surface area contributed by atoms with Crippen molar-refractivity contribution in [3.8, 4) is 5.75 Å². The average molecular weight is 383 g/mol. The van der Waals surface area contributed by atoms with E-state index in [-0.39, 0.29) is 18.0 Å². The number of carbonyl (C=O) groups is 2. The molecule has 1 saturated heterocycles. The van der Waals surface area contributed by atoms with Crippen LogP contribution in [0.5, 0.6) is 5.75 Å². The number of hydrogen-bond donors (Lipinski definition) is 2. The number of benzene rings is 1. The van der Waals surface area contributed by atoms with Crippen LogP contribution in [-0.4, -0.2) is 46.8 Å². The largest absolute Gasteiger partial charge is 0.495 e. The minimum absolute atomic E-state index is 0.100. The van der Waals surface area contributed by atoms with E-state index in [2.05, 4.69) is 22.3 Å². The lowest BCUT2D eigenvalue weighted by molar-refractivity contribution is -0.131. The Morgan fingerprint density at radius 1 is 1.25 bits per heavy atom. The number of anilines is 2. The minimum atomic E-state index is -0.371. The molecule has 1 fully saturated rings. The lowest BCUT2D eigenvalue weighted by atomic mass is 10.0. The van der Waals surface area contributed by atoms with E-state index in [1.54, 1.807) is 37.6 Å². The fraction of sp³-hybridized carbons (Fsp3) is 0.350. The molecule has 1 aliphatic heterocycles. The summed E-state index contributed by atoms with van der Waals surface area (Å²) in [4.78, 5) is 26.3. The van der Waals surface area contributed by atoms with Gasteiger partial charge in [-0.2, -0.15) is 5.10 Å². The molecule has 8 heteroatoms. The summed E-state index contributed by atoms with van der Waals surface area (Å²) in [5.41, 5.74) is 0.586. The predicted octanol–water partition coefficient (Wildman–Crippen LogP) is 3.28. The Balaban J connectivity index is 1.60. The van der Waals surface area contributed by atoms with Crippen LogP contribution in [0.3, 0.4) is 0 Å². The molecule has 0 unspecified atom stereocenters. The average Bonchev–Trinajstić information content (AvgIpc) is 3.16. The highest BCUT2D eigenvalue weighted by molar-refractivity contribution is 6.00. The van der Waals surface area contributed by atoms with Gasteiger partial charge in [0.2, 0.25) is 5.91 Å². The van der Waals surface area contributed by atoms with Gasteiger partial charge >= 0.3 is 6.03 Å². The summed E-state index contributed by atoms with van der Waals surface area (Å²) in [5.74, 6) is 1.30. The molecule has 1 aromatic carbocycles. The number of methoxy groups -OCH3 is 1. The Morgan fingerprint density at radius 3 is 2.71 bits per heavy atom. The molecule has 0 saturated carbocycles. The van der Waals surface area contributed by atoms with Gasteiger partial charge in [0.05, 0.1) is 25.0 Å². The molecule has 2 aromatic rings. The van der Waals surface area contributed by atoms with E-state index in [0.717, 1.165) is 12.8 Å². The second-order valence-electron chi connectivity index (χ2n) is 6.55. The molecule has 1 aromatic heterocycles. The molecule has 2 N–H and O–H groups in total. The fourth-order valence-corrected chi connectivity index (χ4v) is 3.33. The Kier molecular flexibility index (Phi) is 6.31. The van der Waals surface area contributed by atoms with Gasteiger partial charge in [-0.25, -0.2) is 9.48 Å². The van der Waals surface area contributed by atoms with Crippen molar-refractivity contribution >= 4 is 23.4 Å². The molecule has 0 radical (unpaired) electrons. The fourth-order valence-electron chi connectivity index (χ4n) is 3.33. The van der Waals surface area contributed by atoms with Crippen molar-refractivity contribution in [1.29, 1.82) is 0 Å². The lowest BCUT2D eigenvalue weighted by Crippen LogP contribution is -2.39. The zero-order valence-corrected chi connectivity index (χ0v) is 15.9. The van der Waals surface area contributed by atoms with Crippen molar-refractivity contribution in [2.24, 2.45) is 0 Å². The van der Waals surface area contributed by atoms with Crippen molar-refractivity contribution in [1.82, 2.24) is 14.7 Å². The van der Waals surface area contributed by atoms with Gasteiger partial charge in [-0.15, -0.1) is 6.58 Å². The van der Waals surface area contributed by atoms with E-state index in [0.29, 0.717) is 36.8 Å². The van der Waals surface area contributed by atoms with Crippen LogP contribution >= 0.6 is 0 Å². The number of rotatable bonds is 6. The second kappa shape index (κ2) is 9.07. The van der Waals surface area contributed by atoms with Gasteiger partial charge in [0, 0.05) is 25.6 Å². The third-order valence-corrected chi connectivity index (χ3v) is 4.75. The lowest BCUT2D eigenvalue weighted by Gasteiger charge is -2.32. The highest BCUT2D eigenvalue weighted by Crippen LogP contribution is 2.26. The molecule has 2 heterocycles. The van der Waals surface area contributed by atoms with Gasteiger partial charge in [-0.1, -0.05) is 18.2 Å². The maximum absolute atomic E-state index is 12.4. The van der Waals surface area contributed by atoms with E-state index < -0.39 is 0 Å². The first-order chi connectivity index (χ1) is 13.6. The van der Waals surface area contributed by atoms with Crippen LogP contribution in [0.15, 0.2) is 49.2 Å². The van der Waals surface area contributed by atoms with Crippen molar-refractivity contribution in [3.05, 3.63) is 49.2 Å². The molecule has 28 heavy (non-hydrogen) atoms. The number of likely N-dealkylation sites (tertiary alicyclic amines) is 1. The van der Waals surface area contributed by atoms with Gasteiger partial charge in [0.25, 0.3) is 0 Å². The Hall–Kier alpha value is -3.29. The number of aromatic nitrogens is 2. The van der Waals surface area contributed by atoms with Crippen LogP contribution < -0.4 is 15.4 Å². The molecule has 0 atom stereocenters. The summed E-state index contributed by atoms with van der Waals surface area (Å²) in [5, 5.41) is 10.0. The zero-order valence-electron chi connectivity index (χ0n) is 15.9. The summed E-state index contributed by atoms with van der Waals surface area (Å²) in [6, 6.07) is 8.73. The van der Waals surface area contributed by atoms with Crippen LogP contribution in [0.1, 0.15) is 25.3 Å². The summed E-state index contributed by atoms with van der Waals surface area (Å²) in [7, 11) is 1.56. The Bertz CT molecular complexity index is 840. The summed E-state index contributed by atoms with van der Waals surface area (Å²) in [6.45, 7) is 4.96. The molecular weight excluding hydrogens is 358 g/mol. The van der Waals surface area contributed by atoms with Crippen LogP contribution in [0.4, 0.5) is 16.3 Å². The van der Waals surface area contributed by atoms with Crippen molar-refractivity contribution in [2.75, 3.05) is 30.8 Å².